The third-order valence-corrected chi connectivity index (χ3v) is 3.48. The monoisotopic (exact) mass is 336 g/mol. The summed E-state index contributed by atoms with van der Waals surface area (Å²) in [5.41, 5.74) is 1.65. The van der Waals surface area contributed by atoms with Crippen molar-refractivity contribution in [3.63, 3.8) is 0 Å². The molecule has 0 saturated carbocycles. The van der Waals surface area contributed by atoms with E-state index >= 15 is 0 Å². The maximum atomic E-state index is 11.6. The summed E-state index contributed by atoms with van der Waals surface area (Å²) < 4.78 is 1.69. The second-order valence-corrected chi connectivity index (χ2v) is 5.61. The van der Waals surface area contributed by atoms with E-state index in [0.29, 0.717) is 23.9 Å². The van der Waals surface area contributed by atoms with Crippen LogP contribution in [0.5, 0.6) is 0 Å². The standard InChI is InChI=1S/C18H20N6O/c1-3-5-18(25)23-15-8-6-14(7-9-15)22-16-12-17(21-13(2)20-16)24-11-4-10-19-24/h4,6-12H,3,5H2,1-2H3,(H,23,25)(H,20,21,22). The minimum atomic E-state index is 0.0264. The normalized spacial score (nSPS) is 10.5. The highest BCUT2D eigenvalue weighted by Gasteiger charge is 2.05. The highest BCUT2D eigenvalue weighted by molar-refractivity contribution is 5.90. The number of anilines is 3. The molecule has 7 nitrogen and oxygen atoms in total. The first kappa shape index (κ1) is 16.6. The topological polar surface area (TPSA) is 84.7 Å². The summed E-state index contributed by atoms with van der Waals surface area (Å²) in [7, 11) is 0. The third-order valence-electron chi connectivity index (χ3n) is 3.48. The SMILES string of the molecule is CCCC(=O)Nc1ccc(Nc2cc(-n3cccn3)nc(C)n2)cc1. The maximum absolute atomic E-state index is 11.6. The average molecular weight is 336 g/mol. The summed E-state index contributed by atoms with van der Waals surface area (Å²) in [6.07, 6.45) is 4.89. The van der Waals surface area contributed by atoms with Gasteiger partial charge in [0.1, 0.15) is 11.6 Å². The zero-order valence-corrected chi connectivity index (χ0v) is 14.2. The molecule has 2 aromatic heterocycles. The fourth-order valence-electron chi connectivity index (χ4n) is 2.37. The van der Waals surface area contributed by atoms with Crippen LogP contribution >= 0.6 is 0 Å². The Morgan fingerprint density at radius 1 is 1.16 bits per heavy atom. The van der Waals surface area contributed by atoms with Crippen LogP contribution in [0.15, 0.2) is 48.8 Å². The van der Waals surface area contributed by atoms with Crippen molar-refractivity contribution in [1.82, 2.24) is 19.7 Å². The van der Waals surface area contributed by atoms with E-state index in [-0.39, 0.29) is 5.91 Å². The highest BCUT2D eigenvalue weighted by atomic mass is 16.1. The van der Waals surface area contributed by atoms with Crippen molar-refractivity contribution in [1.29, 1.82) is 0 Å². The fraction of sp³-hybridized carbons (Fsp3) is 0.222. The van der Waals surface area contributed by atoms with Gasteiger partial charge in [-0.2, -0.15) is 5.10 Å². The molecule has 1 aromatic carbocycles. The average Bonchev–Trinajstić information content (AvgIpc) is 3.11. The lowest BCUT2D eigenvalue weighted by molar-refractivity contribution is -0.116. The van der Waals surface area contributed by atoms with Gasteiger partial charge in [-0.05, 0) is 43.7 Å². The van der Waals surface area contributed by atoms with Gasteiger partial charge < -0.3 is 10.6 Å². The van der Waals surface area contributed by atoms with Crippen molar-refractivity contribution >= 4 is 23.1 Å². The zero-order valence-electron chi connectivity index (χ0n) is 14.2. The van der Waals surface area contributed by atoms with E-state index in [9.17, 15) is 4.79 Å². The lowest BCUT2D eigenvalue weighted by atomic mass is 10.2. The molecular weight excluding hydrogens is 316 g/mol. The Bertz CT molecular complexity index is 843. The molecular formula is C18H20N6O. The highest BCUT2D eigenvalue weighted by Crippen LogP contribution is 2.19. The Morgan fingerprint density at radius 3 is 2.60 bits per heavy atom. The van der Waals surface area contributed by atoms with Gasteiger partial charge in [0.25, 0.3) is 0 Å². The molecule has 7 heteroatoms. The summed E-state index contributed by atoms with van der Waals surface area (Å²) in [6.45, 7) is 3.82. The van der Waals surface area contributed by atoms with Crippen LogP contribution in [0.1, 0.15) is 25.6 Å². The minimum Gasteiger partial charge on any atom is -0.340 e. The number of hydrogen-bond donors (Lipinski definition) is 2. The van der Waals surface area contributed by atoms with Gasteiger partial charge in [0, 0.05) is 36.3 Å². The van der Waals surface area contributed by atoms with Crippen molar-refractivity contribution in [3.05, 3.63) is 54.6 Å². The lowest BCUT2D eigenvalue weighted by Gasteiger charge is -2.10. The van der Waals surface area contributed by atoms with Gasteiger partial charge in [0.2, 0.25) is 5.91 Å². The summed E-state index contributed by atoms with van der Waals surface area (Å²) in [4.78, 5) is 20.4. The number of benzene rings is 1. The van der Waals surface area contributed by atoms with Gasteiger partial charge in [0.15, 0.2) is 5.82 Å². The number of hydrogen-bond acceptors (Lipinski definition) is 5. The van der Waals surface area contributed by atoms with Gasteiger partial charge in [-0.3, -0.25) is 4.79 Å². The molecule has 0 fully saturated rings. The van der Waals surface area contributed by atoms with Crippen molar-refractivity contribution in [3.8, 4) is 5.82 Å². The van der Waals surface area contributed by atoms with Crippen molar-refractivity contribution in [2.24, 2.45) is 0 Å². The van der Waals surface area contributed by atoms with Gasteiger partial charge in [-0.1, -0.05) is 6.92 Å². The first-order valence-electron chi connectivity index (χ1n) is 8.16. The number of carbonyl (C=O) groups excluding carboxylic acids is 1. The number of aromatic nitrogens is 4. The number of aryl methyl sites for hydroxylation is 1. The van der Waals surface area contributed by atoms with Crippen LogP contribution in [-0.4, -0.2) is 25.7 Å². The molecule has 0 spiro atoms. The molecule has 128 valence electrons. The van der Waals surface area contributed by atoms with Crippen LogP contribution in [0.3, 0.4) is 0 Å². The maximum Gasteiger partial charge on any atom is 0.224 e. The van der Waals surface area contributed by atoms with Crippen LogP contribution in [0.4, 0.5) is 17.2 Å². The third kappa shape index (κ3) is 4.41. The molecule has 0 aliphatic rings. The van der Waals surface area contributed by atoms with Crippen molar-refractivity contribution in [2.75, 3.05) is 10.6 Å². The van der Waals surface area contributed by atoms with Gasteiger partial charge >= 0.3 is 0 Å². The molecule has 1 amide bonds. The Kier molecular flexibility index (Phi) is 5.03. The first-order valence-corrected chi connectivity index (χ1v) is 8.16. The van der Waals surface area contributed by atoms with Crippen LogP contribution < -0.4 is 10.6 Å². The summed E-state index contributed by atoms with van der Waals surface area (Å²) in [5.74, 6) is 2.06. The molecule has 0 atom stereocenters. The largest absolute Gasteiger partial charge is 0.340 e. The fourth-order valence-corrected chi connectivity index (χ4v) is 2.37. The number of carbonyl (C=O) groups is 1. The number of amides is 1. The zero-order chi connectivity index (χ0) is 17.6. The number of rotatable bonds is 6. The van der Waals surface area contributed by atoms with E-state index in [1.165, 1.54) is 0 Å². The second kappa shape index (κ2) is 7.57. The Hall–Kier alpha value is -3.22. The second-order valence-electron chi connectivity index (χ2n) is 5.61. The molecule has 2 heterocycles. The molecule has 3 rings (SSSR count). The minimum absolute atomic E-state index is 0.0264. The molecule has 0 radical (unpaired) electrons. The van der Waals surface area contributed by atoms with E-state index < -0.39 is 0 Å². The predicted octanol–water partition coefficient (Wildman–Crippen LogP) is 3.45. The van der Waals surface area contributed by atoms with Crippen LogP contribution in [0.25, 0.3) is 5.82 Å². The molecule has 0 saturated heterocycles. The Labute approximate surface area is 146 Å². The smallest absolute Gasteiger partial charge is 0.224 e. The van der Waals surface area contributed by atoms with E-state index in [2.05, 4.69) is 25.7 Å². The molecule has 25 heavy (non-hydrogen) atoms. The van der Waals surface area contributed by atoms with E-state index in [4.69, 9.17) is 0 Å². The molecule has 3 aromatic rings. The molecule has 2 N–H and O–H groups in total. The van der Waals surface area contributed by atoms with Crippen LogP contribution in [0, 0.1) is 6.92 Å². The van der Waals surface area contributed by atoms with E-state index in [0.717, 1.165) is 17.8 Å². The Morgan fingerprint density at radius 2 is 1.92 bits per heavy atom. The number of nitrogens with one attached hydrogen (secondary N) is 2. The quantitative estimate of drug-likeness (QED) is 0.720. The molecule has 0 unspecified atom stereocenters. The number of nitrogens with zero attached hydrogens (tertiary/aromatic N) is 4. The van der Waals surface area contributed by atoms with Gasteiger partial charge in [-0.25, -0.2) is 14.6 Å². The molecule has 0 aliphatic carbocycles. The molecule has 0 aliphatic heterocycles. The van der Waals surface area contributed by atoms with Crippen molar-refractivity contribution in [2.45, 2.75) is 26.7 Å². The van der Waals surface area contributed by atoms with Gasteiger partial charge in [0.05, 0.1) is 0 Å². The van der Waals surface area contributed by atoms with Crippen LogP contribution in [-0.2, 0) is 4.79 Å². The van der Waals surface area contributed by atoms with Gasteiger partial charge in [-0.15, -0.1) is 0 Å². The lowest BCUT2D eigenvalue weighted by Crippen LogP contribution is -2.10. The predicted molar refractivity (Wildman–Crippen MR) is 97.2 cm³/mol. The van der Waals surface area contributed by atoms with E-state index in [1.54, 1.807) is 10.9 Å². The molecule has 0 bridgehead atoms. The Balaban J connectivity index is 1.73. The van der Waals surface area contributed by atoms with Crippen LogP contribution in [0.2, 0.25) is 0 Å². The summed E-state index contributed by atoms with van der Waals surface area (Å²) in [6, 6.07) is 11.2. The summed E-state index contributed by atoms with van der Waals surface area (Å²) in [5, 5.41) is 10.3. The first-order chi connectivity index (χ1) is 12.1. The van der Waals surface area contributed by atoms with Crippen molar-refractivity contribution < 1.29 is 4.79 Å². The summed E-state index contributed by atoms with van der Waals surface area (Å²) >= 11 is 0. The van der Waals surface area contributed by atoms with E-state index in [1.807, 2.05) is 56.4 Å².